The molecule has 0 aliphatic heterocycles. The highest BCUT2D eigenvalue weighted by molar-refractivity contribution is 5.77. The molecule has 14 heavy (non-hydrogen) atoms. The Labute approximate surface area is 82.0 Å². The van der Waals surface area contributed by atoms with Crippen molar-refractivity contribution in [3.63, 3.8) is 0 Å². The summed E-state index contributed by atoms with van der Waals surface area (Å²) in [7, 11) is 0. The van der Waals surface area contributed by atoms with Crippen LogP contribution < -0.4 is 0 Å². The molecule has 2 aromatic rings. The predicted octanol–water partition coefficient (Wildman–Crippen LogP) is 2.51. The molecule has 0 amide bonds. The number of hydrogen-bond donors (Lipinski definition) is 0. The fourth-order valence-electron chi connectivity index (χ4n) is 1.42. The quantitative estimate of drug-likeness (QED) is 0.687. The van der Waals surface area contributed by atoms with E-state index in [1.165, 1.54) is 5.56 Å². The van der Waals surface area contributed by atoms with Crippen LogP contribution in [0.5, 0.6) is 0 Å². The lowest BCUT2D eigenvalue weighted by atomic mass is 10.1. The van der Waals surface area contributed by atoms with Gasteiger partial charge in [-0.1, -0.05) is 6.07 Å². The molecule has 0 atom stereocenters. The second-order valence-electron chi connectivity index (χ2n) is 3.30. The van der Waals surface area contributed by atoms with Gasteiger partial charge in [-0.25, -0.2) is 4.98 Å². The van der Waals surface area contributed by atoms with Crippen LogP contribution in [-0.2, 0) is 6.42 Å². The lowest BCUT2D eigenvalue weighted by Gasteiger charge is -1.96. The Balaban J connectivity index is 2.66. The van der Waals surface area contributed by atoms with Crippen LogP contribution in [0.3, 0.4) is 0 Å². The second-order valence-corrected chi connectivity index (χ2v) is 3.30. The van der Waals surface area contributed by atoms with Crippen LogP contribution in [0.4, 0.5) is 0 Å². The molecule has 1 aromatic carbocycles. The third-order valence-corrected chi connectivity index (χ3v) is 2.36. The molecule has 2 rings (SSSR count). The van der Waals surface area contributed by atoms with Gasteiger partial charge in [0.25, 0.3) is 0 Å². The van der Waals surface area contributed by atoms with E-state index in [9.17, 15) is 0 Å². The van der Waals surface area contributed by atoms with Gasteiger partial charge in [0.15, 0.2) is 5.58 Å². The molecule has 1 aromatic heterocycles. The smallest absolute Gasteiger partial charge is 0.209 e. The van der Waals surface area contributed by atoms with Gasteiger partial charge in [-0.05, 0) is 31.0 Å². The lowest BCUT2D eigenvalue weighted by Crippen LogP contribution is -1.83. The number of nitrogens with zero attached hydrogens (tertiary/aromatic N) is 2. The summed E-state index contributed by atoms with van der Waals surface area (Å²) in [5.74, 6) is 0.496. The maximum Gasteiger partial charge on any atom is 0.209 e. The van der Waals surface area contributed by atoms with E-state index in [-0.39, 0.29) is 6.42 Å². The van der Waals surface area contributed by atoms with Crippen molar-refractivity contribution in [3.8, 4) is 6.07 Å². The summed E-state index contributed by atoms with van der Waals surface area (Å²) >= 11 is 0. The van der Waals surface area contributed by atoms with Crippen molar-refractivity contribution < 1.29 is 4.42 Å². The molecule has 0 spiro atoms. The van der Waals surface area contributed by atoms with Gasteiger partial charge in [0.05, 0.1) is 6.07 Å². The van der Waals surface area contributed by atoms with E-state index in [0.29, 0.717) is 5.89 Å². The van der Waals surface area contributed by atoms with E-state index in [1.54, 1.807) is 0 Å². The van der Waals surface area contributed by atoms with Crippen LogP contribution >= 0.6 is 0 Å². The minimum absolute atomic E-state index is 0.229. The number of nitriles is 1. The van der Waals surface area contributed by atoms with Gasteiger partial charge < -0.3 is 4.42 Å². The van der Waals surface area contributed by atoms with Crippen molar-refractivity contribution >= 4 is 11.1 Å². The Kier molecular flexibility index (Phi) is 1.97. The molecule has 3 nitrogen and oxygen atoms in total. The third kappa shape index (κ3) is 1.25. The fourth-order valence-corrected chi connectivity index (χ4v) is 1.42. The normalized spacial score (nSPS) is 10.4. The molecule has 1 heterocycles. The van der Waals surface area contributed by atoms with Crippen LogP contribution in [0.25, 0.3) is 11.1 Å². The molecule has 0 fully saturated rings. The monoisotopic (exact) mass is 186 g/mol. The maximum absolute atomic E-state index is 8.52. The van der Waals surface area contributed by atoms with Gasteiger partial charge in [0.1, 0.15) is 11.9 Å². The summed E-state index contributed by atoms with van der Waals surface area (Å²) in [5, 5.41) is 8.52. The van der Waals surface area contributed by atoms with E-state index in [0.717, 1.165) is 16.7 Å². The first kappa shape index (κ1) is 8.76. The molecule has 0 saturated carbocycles. The van der Waals surface area contributed by atoms with Gasteiger partial charge in [-0.15, -0.1) is 0 Å². The first-order chi connectivity index (χ1) is 6.72. The van der Waals surface area contributed by atoms with Gasteiger partial charge >= 0.3 is 0 Å². The molecule has 0 aliphatic carbocycles. The van der Waals surface area contributed by atoms with E-state index >= 15 is 0 Å². The van der Waals surface area contributed by atoms with Gasteiger partial charge in [-0.2, -0.15) is 5.26 Å². The summed E-state index contributed by atoms with van der Waals surface area (Å²) < 4.78 is 5.41. The molecule has 0 aliphatic rings. The molecule has 0 unspecified atom stereocenters. The Bertz CT molecular complexity index is 520. The summed E-state index contributed by atoms with van der Waals surface area (Å²) in [6.07, 6.45) is 0.229. The lowest BCUT2D eigenvalue weighted by molar-refractivity contribution is 0.548. The Hall–Kier alpha value is -1.82. The Morgan fingerprint density at radius 3 is 2.93 bits per heavy atom. The van der Waals surface area contributed by atoms with Gasteiger partial charge in [0, 0.05) is 0 Å². The summed E-state index contributed by atoms with van der Waals surface area (Å²) in [4.78, 5) is 4.27. The van der Waals surface area contributed by atoms with Crippen LogP contribution in [0.15, 0.2) is 16.5 Å². The van der Waals surface area contributed by atoms with Crippen molar-refractivity contribution in [3.05, 3.63) is 29.2 Å². The van der Waals surface area contributed by atoms with Crippen LogP contribution in [-0.4, -0.2) is 4.98 Å². The summed E-state index contributed by atoms with van der Waals surface area (Å²) in [6.45, 7) is 4.05. The highest BCUT2D eigenvalue weighted by Gasteiger charge is 2.08. The van der Waals surface area contributed by atoms with E-state index in [2.05, 4.69) is 4.98 Å². The average Bonchev–Trinajstić information content (AvgIpc) is 2.56. The topological polar surface area (TPSA) is 49.8 Å². The van der Waals surface area contributed by atoms with Crippen molar-refractivity contribution in [2.75, 3.05) is 0 Å². The predicted molar refractivity (Wildman–Crippen MR) is 52.8 cm³/mol. The second kappa shape index (κ2) is 3.15. The zero-order chi connectivity index (χ0) is 10.1. The van der Waals surface area contributed by atoms with E-state index in [4.69, 9.17) is 9.68 Å². The first-order valence-electron chi connectivity index (χ1n) is 4.45. The van der Waals surface area contributed by atoms with Crippen LogP contribution in [0, 0.1) is 25.2 Å². The molecular weight excluding hydrogens is 176 g/mol. The minimum Gasteiger partial charge on any atom is -0.440 e. The molecule has 0 bridgehead atoms. The SMILES string of the molecule is Cc1ccc2oc(CC#N)nc2c1C. The molecule has 0 N–H and O–H groups in total. The number of fused-ring (bicyclic) bond motifs is 1. The molecular formula is C11H10N2O. The van der Waals surface area contributed by atoms with Crippen molar-refractivity contribution in [1.82, 2.24) is 4.98 Å². The highest BCUT2D eigenvalue weighted by atomic mass is 16.3. The molecule has 0 saturated heterocycles. The standard InChI is InChI=1S/C11H10N2O/c1-7-3-4-9-11(8(7)2)13-10(14-9)5-6-12/h3-4H,5H2,1-2H3. The van der Waals surface area contributed by atoms with Crippen LogP contribution in [0.1, 0.15) is 17.0 Å². The van der Waals surface area contributed by atoms with E-state index in [1.807, 2.05) is 32.0 Å². The number of benzene rings is 1. The number of aromatic nitrogens is 1. The minimum atomic E-state index is 0.229. The summed E-state index contributed by atoms with van der Waals surface area (Å²) in [5.41, 5.74) is 3.94. The third-order valence-electron chi connectivity index (χ3n) is 2.36. The number of aryl methyl sites for hydroxylation is 2. The zero-order valence-electron chi connectivity index (χ0n) is 8.16. The fraction of sp³-hybridized carbons (Fsp3) is 0.273. The van der Waals surface area contributed by atoms with Crippen LogP contribution in [0.2, 0.25) is 0 Å². The Morgan fingerprint density at radius 2 is 2.21 bits per heavy atom. The highest BCUT2D eigenvalue weighted by Crippen LogP contribution is 2.21. The van der Waals surface area contributed by atoms with Gasteiger partial charge in [-0.3, -0.25) is 0 Å². The number of hydrogen-bond acceptors (Lipinski definition) is 3. The van der Waals surface area contributed by atoms with Crippen molar-refractivity contribution in [2.45, 2.75) is 20.3 Å². The number of rotatable bonds is 1. The average molecular weight is 186 g/mol. The Morgan fingerprint density at radius 1 is 1.43 bits per heavy atom. The van der Waals surface area contributed by atoms with E-state index < -0.39 is 0 Å². The molecule has 70 valence electrons. The van der Waals surface area contributed by atoms with Crippen molar-refractivity contribution in [2.24, 2.45) is 0 Å². The van der Waals surface area contributed by atoms with Crippen molar-refractivity contribution in [1.29, 1.82) is 5.26 Å². The number of oxazole rings is 1. The molecule has 0 radical (unpaired) electrons. The van der Waals surface area contributed by atoms with Gasteiger partial charge in [0.2, 0.25) is 5.89 Å². The maximum atomic E-state index is 8.52. The summed E-state index contributed by atoms with van der Waals surface area (Å²) in [6, 6.07) is 5.92. The zero-order valence-corrected chi connectivity index (χ0v) is 8.16. The largest absolute Gasteiger partial charge is 0.440 e. The first-order valence-corrected chi connectivity index (χ1v) is 4.45. The molecule has 3 heteroatoms.